The average Bonchev–Trinajstić information content (AvgIpc) is 3.43. The first-order chi connectivity index (χ1) is 18.7. The van der Waals surface area contributed by atoms with Crippen molar-refractivity contribution in [3.05, 3.63) is 113 Å². The Morgan fingerprint density at radius 2 is 1.63 bits per heavy atom. The van der Waals surface area contributed by atoms with Crippen molar-refractivity contribution in [2.24, 2.45) is 0 Å². The molecule has 1 aliphatic carbocycles. The Morgan fingerprint density at radius 1 is 0.868 bits per heavy atom. The van der Waals surface area contributed by atoms with Crippen LogP contribution in [-0.4, -0.2) is 29.2 Å². The molecular formula is C34H35NO3. The maximum absolute atomic E-state index is 9.78. The molecule has 0 saturated carbocycles. The van der Waals surface area contributed by atoms with E-state index in [1.165, 1.54) is 38.9 Å². The summed E-state index contributed by atoms with van der Waals surface area (Å²) < 4.78 is 13.1. The molecule has 4 aromatic rings. The third-order valence-corrected chi connectivity index (χ3v) is 8.16. The summed E-state index contributed by atoms with van der Waals surface area (Å²) in [4.78, 5) is 2.37. The quantitative estimate of drug-likeness (QED) is 0.264. The molecule has 1 atom stereocenters. The van der Waals surface area contributed by atoms with Crippen molar-refractivity contribution >= 4 is 0 Å². The van der Waals surface area contributed by atoms with Gasteiger partial charge in [-0.3, -0.25) is 4.90 Å². The average molecular weight is 506 g/mol. The van der Waals surface area contributed by atoms with Gasteiger partial charge in [0.2, 0.25) is 0 Å². The zero-order chi connectivity index (χ0) is 25.9. The summed E-state index contributed by atoms with van der Waals surface area (Å²) in [5, 5.41) is 9.78. The first-order valence-corrected chi connectivity index (χ1v) is 13.7. The number of likely N-dealkylation sites (tertiary alicyclic amines) is 1. The van der Waals surface area contributed by atoms with E-state index in [1.807, 2.05) is 30.3 Å². The monoisotopic (exact) mass is 505 g/mol. The third kappa shape index (κ3) is 4.94. The molecule has 1 unspecified atom stereocenters. The van der Waals surface area contributed by atoms with Crippen molar-refractivity contribution < 1.29 is 14.6 Å². The Morgan fingerprint density at radius 3 is 2.37 bits per heavy atom. The van der Waals surface area contributed by atoms with E-state index in [4.69, 9.17) is 9.47 Å². The molecule has 2 aliphatic rings. The smallest absolute Gasteiger partial charge is 0.135 e. The Hall–Kier alpha value is -3.60. The van der Waals surface area contributed by atoms with Crippen molar-refractivity contribution in [1.82, 2.24) is 4.90 Å². The number of rotatable bonds is 9. The topological polar surface area (TPSA) is 41.9 Å². The van der Waals surface area contributed by atoms with Gasteiger partial charge in [0.1, 0.15) is 23.9 Å². The number of fused-ring (bicyclic) bond motifs is 1. The highest BCUT2D eigenvalue weighted by atomic mass is 16.5. The van der Waals surface area contributed by atoms with E-state index in [0.717, 1.165) is 56.0 Å². The molecule has 0 bridgehead atoms. The van der Waals surface area contributed by atoms with E-state index in [0.29, 0.717) is 6.61 Å². The summed E-state index contributed by atoms with van der Waals surface area (Å²) in [6.07, 6.45) is 4.23. The number of hydrogen-bond donors (Lipinski definition) is 1. The van der Waals surface area contributed by atoms with Crippen LogP contribution in [0.5, 0.6) is 17.2 Å². The number of para-hydroxylation sites is 1. The van der Waals surface area contributed by atoms with E-state index >= 15 is 0 Å². The lowest BCUT2D eigenvalue weighted by atomic mass is 9.96. The van der Waals surface area contributed by atoms with Gasteiger partial charge in [-0.05, 0) is 78.1 Å². The molecule has 0 radical (unpaired) electrons. The number of aliphatic hydroxyl groups is 1. The molecule has 38 heavy (non-hydrogen) atoms. The maximum atomic E-state index is 9.78. The van der Waals surface area contributed by atoms with Crippen molar-refractivity contribution in [3.63, 3.8) is 0 Å². The van der Waals surface area contributed by atoms with Gasteiger partial charge in [-0.25, -0.2) is 0 Å². The summed E-state index contributed by atoms with van der Waals surface area (Å²) >= 11 is 0. The van der Waals surface area contributed by atoms with Crippen LogP contribution in [0.4, 0.5) is 0 Å². The second-order valence-corrected chi connectivity index (χ2v) is 10.4. The van der Waals surface area contributed by atoms with Gasteiger partial charge < -0.3 is 14.6 Å². The van der Waals surface area contributed by atoms with E-state index < -0.39 is 0 Å². The minimum absolute atomic E-state index is 0.208. The number of benzene rings is 4. The van der Waals surface area contributed by atoms with Crippen molar-refractivity contribution in [2.45, 2.75) is 51.8 Å². The summed E-state index contributed by atoms with van der Waals surface area (Å²) in [6, 6.07) is 29.3. The Balaban J connectivity index is 1.32. The van der Waals surface area contributed by atoms with Gasteiger partial charge >= 0.3 is 0 Å². The first-order valence-electron chi connectivity index (χ1n) is 13.7. The lowest BCUT2D eigenvalue weighted by molar-refractivity contribution is 0.0350. The maximum Gasteiger partial charge on any atom is 0.135 e. The van der Waals surface area contributed by atoms with Crippen LogP contribution >= 0.6 is 0 Å². The van der Waals surface area contributed by atoms with Crippen LogP contribution in [0.1, 0.15) is 40.7 Å². The van der Waals surface area contributed by atoms with E-state index in [-0.39, 0.29) is 12.6 Å². The lowest BCUT2D eigenvalue weighted by Crippen LogP contribution is -2.49. The molecular weight excluding hydrogens is 470 g/mol. The summed E-state index contributed by atoms with van der Waals surface area (Å²) in [5.74, 6) is 2.62. The molecule has 1 aliphatic heterocycles. The molecule has 1 fully saturated rings. The molecule has 4 nitrogen and oxygen atoms in total. The van der Waals surface area contributed by atoms with Crippen LogP contribution in [-0.2, 0) is 26.0 Å². The fourth-order valence-electron chi connectivity index (χ4n) is 5.84. The zero-order valence-corrected chi connectivity index (χ0v) is 22.0. The Bertz CT molecular complexity index is 1400. The molecule has 1 saturated heterocycles. The van der Waals surface area contributed by atoms with Crippen LogP contribution < -0.4 is 9.47 Å². The van der Waals surface area contributed by atoms with Gasteiger partial charge in [0, 0.05) is 30.8 Å². The minimum atomic E-state index is 0.208. The minimum Gasteiger partial charge on any atom is -0.488 e. The second-order valence-electron chi connectivity index (χ2n) is 10.4. The third-order valence-electron chi connectivity index (χ3n) is 8.16. The molecule has 4 heteroatoms. The highest BCUT2D eigenvalue weighted by Crippen LogP contribution is 2.42. The van der Waals surface area contributed by atoms with Crippen LogP contribution in [0.3, 0.4) is 0 Å². The highest BCUT2D eigenvalue weighted by Gasteiger charge is 2.31. The van der Waals surface area contributed by atoms with Crippen LogP contribution in [0, 0.1) is 6.92 Å². The number of hydrogen-bond acceptors (Lipinski definition) is 4. The fourth-order valence-corrected chi connectivity index (χ4v) is 5.84. The van der Waals surface area contributed by atoms with Gasteiger partial charge in [0.15, 0.2) is 0 Å². The van der Waals surface area contributed by atoms with Gasteiger partial charge in [-0.1, -0.05) is 66.7 Å². The van der Waals surface area contributed by atoms with Gasteiger partial charge in [-0.2, -0.15) is 0 Å². The molecule has 1 N–H and O–H groups in total. The predicted molar refractivity (Wildman–Crippen MR) is 152 cm³/mol. The summed E-state index contributed by atoms with van der Waals surface area (Å²) in [5.41, 5.74) is 8.84. The molecule has 194 valence electrons. The second kappa shape index (κ2) is 11.0. The normalized spacial score (nSPS) is 16.6. The summed E-state index contributed by atoms with van der Waals surface area (Å²) in [7, 11) is 0. The van der Waals surface area contributed by atoms with E-state index in [1.54, 1.807) is 0 Å². The molecule has 4 aromatic carbocycles. The number of nitrogens with zero attached hydrogens (tertiary/aromatic N) is 1. The van der Waals surface area contributed by atoms with Crippen LogP contribution in [0.15, 0.2) is 84.9 Å². The lowest BCUT2D eigenvalue weighted by Gasteiger charge is -2.40. The fraction of sp³-hybridized carbons (Fsp3) is 0.294. The predicted octanol–water partition coefficient (Wildman–Crippen LogP) is 7.09. The highest BCUT2D eigenvalue weighted by molar-refractivity contribution is 5.68. The molecule has 0 amide bonds. The van der Waals surface area contributed by atoms with Gasteiger partial charge in [-0.15, -0.1) is 0 Å². The van der Waals surface area contributed by atoms with E-state index in [9.17, 15) is 5.11 Å². The van der Waals surface area contributed by atoms with Crippen molar-refractivity contribution in [3.8, 4) is 28.4 Å². The van der Waals surface area contributed by atoms with Crippen LogP contribution in [0.25, 0.3) is 11.1 Å². The van der Waals surface area contributed by atoms with E-state index in [2.05, 4.69) is 66.4 Å². The Kier molecular flexibility index (Phi) is 7.17. The molecule has 6 rings (SSSR count). The van der Waals surface area contributed by atoms with Gasteiger partial charge in [0.25, 0.3) is 0 Å². The van der Waals surface area contributed by atoms with Crippen molar-refractivity contribution in [2.75, 3.05) is 13.2 Å². The zero-order valence-electron chi connectivity index (χ0n) is 22.0. The first kappa shape index (κ1) is 24.7. The standard InChI is InChI=1S/C34H35NO3/c1-24-26(12-8-15-29(24)25-10-4-2-5-11-25)23-37-33-20-34(38-28-13-6-3-7-14-28)32(30-16-9-17-31(30)33)21-35-19-18-27(35)22-36/h2-8,10-15,20,27,36H,9,16-19,21-23H2,1H3. The molecule has 1 heterocycles. The van der Waals surface area contributed by atoms with Crippen molar-refractivity contribution in [1.29, 1.82) is 0 Å². The number of aliphatic hydroxyl groups excluding tert-OH is 1. The van der Waals surface area contributed by atoms with Gasteiger partial charge in [0.05, 0.1) is 6.61 Å². The molecule has 0 aromatic heterocycles. The molecule has 0 spiro atoms. The SMILES string of the molecule is Cc1c(COc2cc(Oc3ccccc3)c(CN3CCC3CO)c3c2CCC3)cccc1-c1ccccc1. The largest absolute Gasteiger partial charge is 0.488 e. The van der Waals surface area contributed by atoms with Crippen LogP contribution in [0.2, 0.25) is 0 Å². The number of ether oxygens (including phenoxy) is 2. The Labute approximate surface area is 225 Å². The summed E-state index contributed by atoms with van der Waals surface area (Å²) in [6.45, 7) is 4.72.